The summed E-state index contributed by atoms with van der Waals surface area (Å²) in [6.45, 7) is 0.306. The first-order chi connectivity index (χ1) is 9.13. The average molecular weight is 260 g/mol. The smallest absolute Gasteiger partial charge is 0.162 e. The first kappa shape index (κ1) is 13.0. The lowest BCUT2D eigenvalue weighted by atomic mass is 10.1. The molecule has 0 bridgehead atoms. The number of nitriles is 1. The van der Waals surface area contributed by atoms with Crippen LogP contribution in [0, 0.1) is 23.0 Å². The number of hydrogen-bond acceptors (Lipinski definition) is 3. The Labute approximate surface area is 108 Å². The Morgan fingerprint density at radius 1 is 1.11 bits per heavy atom. The van der Waals surface area contributed by atoms with Crippen LogP contribution < -0.4 is 10.5 Å². The van der Waals surface area contributed by atoms with Crippen LogP contribution in [-0.2, 0) is 6.54 Å². The highest BCUT2D eigenvalue weighted by molar-refractivity contribution is 5.47. The van der Waals surface area contributed by atoms with Crippen molar-refractivity contribution in [2.75, 3.05) is 0 Å². The molecular formula is C14H10F2N2O. The Kier molecular flexibility index (Phi) is 3.74. The van der Waals surface area contributed by atoms with Crippen LogP contribution in [0.15, 0.2) is 36.4 Å². The van der Waals surface area contributed by atoms with Crippen LogP contribution in [0.2, 0.25) is 0 Å². The summed E-state index contributed by atoms with van der Waals surface area (Å²) in [6.07, 6.45) is 0. The minimum absolute atomic E-state index is 0.121. The summed E-state index contributed by atoms with van der Waals surface area (Å²) in [7, 11) is 0. The number of benzene rings is 2. The van der Waals surface area contributed by atoms with E-state index in [2.05, 4.69) is 0 Å². The maximum Gasteiger partial charge on any atom is 0.162 e. The van der Waals surface area contributed by atoms with Crippen LogP contribution in [0.4, 0.5) is 8.78 Å². The molecular weight excluding hydrogens is 250 g/mol. The zero-order valence-electron chi connectivity index (χ0n) is 9.86. The highest BCUT2D eigenvalue weighted by Crippen LogP contribution is 2.26. The minimum atomic E-state index is -1.01. The topological polar surface area (TPSA) is 59.0 Å². The molecule has 0 saturated carbocycles. The molecule has 5 heteroatoms. The Hall–Kier alpha value is -2.45. The summed E-state index contributed by atoms with van der Waals surface area (Å²) >= 11 is 0. The Morgan fingerprint density at radius 3 is 2.53 bits per heavy atom. The fraction of sp³-hybridized carbons (Fsp3) is 0.0714. The number of halogens is 2. The monoisotopic (exact) mass is 260 g/mol. The van der Waals surface area contributed by atoms with Gasteiger partial charge in [-0.05, 0) is 29.8 Å². The summed E-state index contributed by atoms with van der Waals surface area (Å²) in [6, 6.07) is 10.0. The second kappa shape index (κ2) is 5.46. The first-order valence-corrected chi connectivity index (χ1v) is 5.50. The molecule has 2 aromatic rings. The van der Waals surface area contributed by atoms with Crippen LogP contribution in [-0.4, -0.2) is 0 Å². The van der Waals surface area contributed by atoms with Gasteiger partial charge >= 0.3 is 0 Å². The summed E-state index contributed by atoms with van der Waals surface area (Å²) in [5, 5.41) is 9.01. The van der Waals surface area contributed by atoms with Gasteiger partial charge in [-0.3, -0.25) is 0 Å². The fourth-order valence-electron chi connectivity index (χ4n) is 1.55. The number of ether oxygens (including phenoxy) is 1. The molecule has 0 unspecified atom stereocenters. The Bertz CT molecular complexity index is 650. The summed E-state index contributed by atoms with van der Waals surface area (Å²) < 4.78 is 31.2. The number of hydrogen-bond donors (Lipinski definition) is 1. The largest absolute Gasteiger partial charge is 0.456 e. The van der Waals surface area contributed by atoms with Crippen molar-refractivity contribution in [3.8, 4) is 17.6 Å². The van der Waals surface area contributed by atoms with Crippen LogP contribution in [0.5, 0.6) is 11.5 Å². The van der Waals surface area contributed by atoms with Gasteiger partial charge in [0.1, 0.15) is 17.6 Å². The molecule has 0 radical (unpaired) electrons. The maximum absolute atomic E-state index is 13.0. The van der Waals surface area contributed by atoms with E-state index >= 15 is 0 Å². The molecule has 0 saturated heterocycles. The quantitative estimate of drug-likeness (QED) is 0.922. The SMILES string of the molecule is N#Cc1cc(CN)ccc1Oc1ccc(F)c(F)c1. The molecule has 0 aliphatic carbocycles. The molecule has 0 aromatic heterocycles. The van der Waals surface area contributed by atoms with E-state index in [1.54, 1.807) is 18.2 Å². The third kappa shape index (κ3) is 2.87. The normalized spacial score (nSPS) is 10.0. The van der Waals surface area contributed by atoms with Gasteiger partial charge in [0.25, 0.3) is 0 Å². The molecule has 0 aliphatic heterocycles. The zero-order valence-corrected chi connectivity index (χ0v) is 9.86. The van der Waals surface area contributed by atoms with Gasteiger partial charge in [0.2, 0.25) is 0 Å². The second-order valence-electron chi connectivity index (χ2n) is 3.82. The lowest BCUT2D eigenvalue weighted by Crippen LogP contribution is -1.98. The van der Waals surface area contributed by atoms with E-state index in [0.717, 1.165) is 17.7 Å². The van der Waals surface area contributed by atoms with Gasteiger partial charge in [-0.2, -0.15) is 5.26 Å². The van der Waals surface area contributed by atoms with Crippen molar-refractivity contribution in [2.24, 2.45) is 5.73 Å². The van der Waals surface area contributed by atoms with Crippen molar-refractivity contribution < 1.29 is 13.5 Å². The van der Waals surface area contributed by atoms with Gasteiger partial charge in [0.15, 0.2) is 11.6 Å². The fourth-order valence-corrected chi connectivity index (χ4v) is 1.55. The number of nitrogens with zero attached hydrogens (tertiary/aromatic N) is 1. The third-order valence-corrected chi connectivity index (χ3v) is 2.52. The first-order valence-electron chi connectivity index (χ1n) is 5.50. The molecule has 2 aromatic carbocycles. The van der Waals surface area contributed by atoms with E-state index in [9.17, 15) is 8.78 Å². The Balaban J connectivity index is 2.33. The van der Waals surface area contributed by atoms with Crippen LogP contribution in [0.25, 0.3) is 0 Å². The summed E-state index contributed by atoms with van der Waals surface area (Å²) in [5.41, 5.74) is 6.54. The molecule has 0 spiro atoms. The molecule has 3 nitrogen and oxygen atoms in total. The molecule has 2 N–H and O–H groups in total. The predicted octanol–water partition coefficient (Wildman–Crippen LogP) is 3.09. The lowest BCUT2D eigenvalue weighted by molar-refractivity contribution is 0.460. The van der Waals surface area contributed by atoms with Gasteiger partial charge in [-0.1, -0.05) is 6.07 Å². The number of nitrogens with two attached hydrogens (primary N) is 1. The van der Waals surface area contributed by atoms with E-state index in [0.29, 0.717) is 6.54 Å². The standard InChI is InChI=1S/C14H10F2N2O/c15-12-3-2-11(6-13(12)16)19-14-4-1-9(7-17)5-10(14)8-18/h1-6H,7,17H2. The van der Waals surface area contributed by atoms with Gasteiger partial charge in [-0.25, -0.2) is 8.78 Å². The maximum atomic E-state index is 13.0. The van der Waals surface area contributed by atoms with E-state index in [1.807, 2.05) is 6.07 Å². The van der Waals surface area contributed by atoms with Gasteiger partial charge < -0.3 is 10.5 Å². The highest BCUT2D eigenvalue weighted by atomic mass is 19.2. The zero-order chi connectivity index (χ0) is 13.8. The van der Waals surface area contributed by atoms with Gasteiger partial charge in [-0.15, -0.1) is 0 Å². The minimum Gasteiger partial charge on any atom is -0.456 e. The molecule has 0 aliphatic rings. The van der Waals surface area contributed by atoms with Gasteiger partial charge in [0.05, 0.1) is 5.56 Å². The predicted molar refractivity (Wildman–Crippen MR) is 65.5 cm³/mol. The molecule has 0 atom stereocenters. The second-order valence-corrected chi connectivity index (χ2v) is 3.82. The van der Waals surface area contributed by atoms with Crippen molar-refractivity contribution >= 4 is 0 Å². The van der Waals surface area contributed by atoms with E-state index in [4.69, 9.17) is 15.7 Å². The van der Waals surface area contributed by atoms with Crippen molar-refractivity contribution in [1.29, 1.82) is 5.26 Å². The number of rotatable bonds is 3. The van der Waals surface area contributed by atoms with Crippen molar-refractivity contribution in [1.82, 2.24) is 0 Å². The van der Waals surface area contributed by atoms with E-state index in [-0.39, 0.29) is 17.1 Å². The lowest BCUT2D eigenvalue weighted by Gasteiger charge is -2.08. The van der Waals surface area contributed by atoms with Crippen LogP contribution in [0.3, 0.4) is 0 Å². The molecule has 0 heterocycles. The molecule has 19 heavy (non-hydrogen) atoms. The molecule has 0 amide bonds. The average Bonchev–Trinajstić information content (AvgIpc) is 2.43. The van der Waals surface area contributed by atoms with Crippen LogP contribution in [0.1, 0.15) is 11.1 Å². The summed E-state index contributed by atoms with van der Waals surface area (Å²) in [4.78, 5) is 0. The third-order valence-electron chi connectivity index (χ3n) is 2.52. The Morgan fingerprint density at radius 2 is 1.89 bits per heavy atom. The summed E-state index contributed by atoms with van der Waals surface area (Å²) in [5.74, 6) is -1.57. The molecule has 96 valence electrons. The molecule has 2 rings (SSSR count). The van der Waals surface area contributed by atoms with Crippen molar-refractivity contribution in [3.05, 3.63) is 59.2 Å². The molecule has 0 fully saturated rings. The van der Waals surface area contributed by atoms with Crippen molar-refractivity contribution in [2.45, 2.75) is 6.54 Å². The van der Waals surface area contributed by atoms with Gasteiger partial charge in [0, 0.05) is 12.6 Å². The van der Waals surface area contributed by atoms with Crippen LogP contribution >= 0.6 is 0 Å². The van der Waals surface area contributed by atoms with E-state index in [1.165, 1.54) is 6.07 Å². The van der Waals surface area contributed by atoms with E-state index < -0.39 is 11.6 Å². The highest BCUT2D eigenvalue weighted by Gasteiger charge is 2.08. The van der Waals surface area contributed by atoms with Crippen molar-refractivity contribution in [3.63, 3.8) is 0 Å².